The highest BCUT2D eigenvalue weighted by atomic mass is 32.1. The molecule has 206 valence electrons. The molecule has 3 heterocycles. The topological polar surface area (TPSA) is 87.2 Å². The van der Waals surface area contributed by atoms with E-state index in [0.29, 0.717) is 32.5 Å². The number of anilines is 3. The number of hydrazine groups is 2. The second kappa shape index (κ2) is 11.2. The number of thiazole rings is 1. The van der Waals surface area contributed by atoms with Gasteiger partial charge >= 0.3 is 5.97 Å². The van der Waals surface area contributed by atoms with Crippen LogP contribution in [0.1, 0.15) is 57.3 Å². The van der Waals surface area contributed by atoms with E-state index < -0.39 is 0 Å². The van der Waals surface area contributed by atoms with Crippen LogP contribution < -0.4 is 20.3 Å². The molecule has 3 aromatic rings. The quantitative estimate of drug-likeness (QED) is 0.404. The summed E-state index contributed by atoms with van der Waals surface area (Å²) in [5, 5.41) is 5.01. The van der Waals surface area contributed by atoms with Crippen molar-refractivity contribution in [3.63, 3.8) is 0 Å². The number of carbonyl (C=O) groups is 2. The van der Waals surface area contributed by atoms with Gasteiger partial charge in [0.15, 0.2) is 0 Å². The van der Waals surface area contributed by atoms with E-state index in [1.54, 1.807) is 7.11 Å². The number of carbonyl (C=O) groups excluding carboxylic acids is 2. The molecule has 0 unspecified atom stereocenters. The van der Waals surface area contributed by atoms with Crippen molar-refractivity contribution in [1.29, 1.82) is 0 Å². The van der Waals surface area contributed by atoms with Crippen LogP contribution in [-0.2, 0) is 35.3 Å². The first kappa shape index (κ1) is 27.0. The van der Waals surface area contributed by atoms with E-state index >= 15 is 0 Å². The van der Waals surface area contributed by atoms with Gasteiger partial charge in [0.05, 0.1) is 35.8 Å². The zero-order chi connectivity index (χ0) is 27.7. The monoisotopic (exact) mass is 549 g/mol. The van der Waals surface area contributed by atoms with Crippen molar-refractivity contribution in [2.75, 3.05) is 37.3 Å². The fraction of sp³-hybridized carbons (Fsp3) is 0.414. The third kappa shape index (κ3) is 5.18. The summed E-state index contributed by atoms with van der Waals surface area (Å²) in [5.41, 5.74) is 10.5. The molecule has 9 nitrogen and oxygen atoms in total. The summed E-state index contributed by atoms with van der Waals surface area (Å²) in [4.78, 5) is 32.6. The van der Waals surface area contributed by atoms with Crippen molar-refractivity contribution in [2.45, 2.75) is 53.0 Å². The Morgan fingerprint density at radius 3 is 2.72 bits per heavy atom. The van der Waals surface area contributed by atoms with E-state index in [2.05, 4.69) is 40.7 Å². The van der Waals surface area contributed by atoms with Gasteiger partial charge in [0.1, 0.15) is 16.3 Å². The number of methoxy groups -OCH3 is 1. The zero-order valence-electron chi connectivity index (χ0n) is 23.2. The molecule has 39 heavy (non-hydrogen) atoms. The first-order chi connectivity index (χ1) is 18.8. The minimum absolute atomic E-state index is 0.0566. The number of fused-ring (bicyclic) bond motifs is 2. The summed E-state index contributed by atoms with van der Waals surface area (Å²) < 4.78 is 10.9. The third-order valence-corrected chi connectivity index (χ3v) is 8.48. The van der Waals surface area contributed by atoms with Gasteiger partial charge in [0.2, 0.25) is 0 Å². The predicted octanol–water partition coefficient (Wildman–Crippen LogP) is 4.72. The Hall–Kier alpha value is -3.63. The van der Waals surface area contributed by atoms with Crippen LogP contribution in [0.2, 0.25) is 0 Å². The third-order valence-electron chi connectivity index (χ3n) is 7.19. The molecule has 5 rings (SSSR count). The maximum Gasteiger partial charge on any atom is 0.306 e. The molecule has 0 bridgehead atoms. The van der Waals surface area contributed by atoms with Crippen LogP contribution in [0.3, 0.4) is 0 Å². The number of ether oxygens (including phenoxy) is 2. The second-order valence-electron chi connectivity index (χ2n) is 9.73. The van der Waals surface area contributed by atoms with Crippen molar-refractivity contribution < 1.29 is 19.1 Å². The number of esters is 1. The van der Waals surface area contributed by atoms with Crippen molar-refractivity contribution in [2.24, 2.45) is 0 Å². The highest BCUT2D eigenvalue weighted by Gasteiger charge is 2.33. The normalized spacial score (nSPS) is 14.3. The van der Waals surface area contributed by atoms with Crippen molar-refractivity contribution >= 4 is 40.3 Å². The Labute approximate surface area is 233 Å². The smallest absolute Gasteiger partial charge is 0.306 e. The Morgan fingerprint density at radius 2 is 2.00 bits per heavy atom. The fourth-order valence-corrected chi connectivity index (χ4v) is 6.26. The Morgan fingerprint density at radius 1 is 1.18 bits per heavy atom. The first-order valence-corrected chi connectivity index (χ1v) is 14.2. The molecule has 1 aromatic heterocycles. The van der Waals surface area contributed by atoms with E-state index in [1.807, 2.05) is 42.9 Å². The second-order valence-corrected chi connectivity index (χ2v) is 10.8. The molecule has 0 saturated carbocycles. The number of benzene rings is 2. The lowest BCUT2D eigenvalue weighted by atomic mass is 9.97. The molecule has 1 amide bonds. The van der Waals surface area contributed by atoms with Gasteiger partial charge in [-0.2, -0.15) is 0 Å². The van der Waals surface area contributed by atoms with E-state index in [4.69, 9.17) is 9.47 Å². The molecule has 2 aromatic carbocycles. The number of nitrogens with one attached hydrogen (secondary N) is 1. The molecule has 0 atom stereocenters. The summed E-state index contributed by atoms with van der Waals surface area (Å²) in [6.45, 7) is 7.36. The molecule has 0 saturated heterocycles. The first-order valence-electron chi connectivity index (χ1n) is 13.4. The van der Waals surface area contributed by atoms with Gasteiger partial charge in [-0.25, -0.2) is 4.98 Å². The van der Waals surface area contributed by atoms with Crippen LogP contribution in [0.5, 0.6) is 5.75 Å². The van der Waals surface area contributed by atoms with E-state index in [9.17, 15) is 9.59 Å². The molecule has 1 N–H and O–H groups in total. The molecule has 0 radical (unpaired) electrons. The Balaban J connectivity index is 1.43. The maximum atomic E-state index is 13.4. The molecular weight excluding hydrogens is 514 g/mol. The highest BCUT2D eigenvalue weighted by molar-refractivity contribution is 7.13. The SMILES string of the molecule is CCOC(=O)CCc1cc(OC)c2c(c1)N(c1cccc3c1CCN(C(=O)c1sc(CC)nc1C)C3)NN2C. The van der Waals surface area contributed by atoms with Gasteiger partial charge in [-0.3, -0.25) is 19.6 Å². The van der Waals surface area contributed by atoms with E-state index in [1.165, 1.54) is 16.9 Å². The number of hydrogen-bond acceptors (Lipinski definition) is 9. The van der Waals surface area contributed by atoms with Gasteiger partial charge in [-0.15, -0.1) is 16.9 Å². The Kier molecular flexibility index (Phi) is 7.76. The van der Waals surface area contributed by atoms with E-state index in [0.717, 1.165) is 62.4 Å². The van der Waals surface area contributed by atoms with Crippen molar-refractivity contribution in [1.82, 2.24) is 15.4 Å². The molecule has 2 aliphatic rings. The lowest BCUT2D eigenvalue weighted by Crippen LogP contribution is -2.41. The number of rotatable bonds is 8. The van der Waals surface area contributed by atoms with Gasteiger partial charge in [0.25, 0.3) is 5.91 Å². The lowest BCUT2D eigenvalue weighted by Gasteiger charge is -2.32. The summed E-state index contributed by atoms with van der Waals surface area (Å²) in [6.07, 6.45) is 2.44. The van der Waals surface area contributed by atoms with Crippen molar-refractivity contribution in [3.8, 4) is 5.75 Å². The highest BCUT2D eigenvalue weighted by Crippen LogP contribution is 2.46. The summed E-state index contributed by atoms with van der Waals surface area (Å²) >= 11 is 1.50. The molecule has 0 spiro atoms. The molecular formula is C29H35N5O4S. The molecule has 0 aliphatic carbocycles. The minimum atomic E-state index is -0.209. The van der Waals surface area contributed by atoms with Gasteiger partial charge < -0.3 is 14.4 Å². The van der Waals surface area contributed by atoms with Crippen LogP contribution in [0.4, 0.5) is 17.1 Å². The summed E-state index contributed by atoms with van der Waals surface area (Å²) in [6, 6.07) is 10.3. The van der Waals surface area contributed by atoms with Crippen LogP contribution >= 0.6 is 11.3 Å². The maximum absolute atomic E-state index is 13.4. The number of hydrogen-bond donors (Lipinski definition) is 1. The van der Waals surface area contributed by atoms with Crippen LogP contribution in [-0.4, -0.2) is 49.1 Å². The average molecular weight is 550 g/mol. The van der Waals surface area contributed by atoms with Gasteiger partial charge in [-0.1, -0.05) is 19.1 Å². The minimum Gasteiger partial charge on any atom is -0.494 e. The fourth-order valence-electron chi connectivity index (χ4n) is 5.29. The van der Waals surface area contributed by atoms with Gasteiger partial charge in [-0.05, 0) is 68.0 Å². The average Bonchev–Trinajstić information content (AvgIpc) is 3.49. The summed E-state index contributed by atoms with van der Waals surface area (Å²) in [7, 11) is 3.61. The largest absolute Gasteiger partial charge is 0.494 e. The number of nitrogens with zero attached hydrogens (tertiary/aromatic N) is 4. The number of aromatic nitrogens is 1. The molecule has 2 aliphatic heterocycles. The van der Waals surface area contributed by atoms with Crippen LogP contribution in [0.15, 0.2) is 30.3 Å². The van der Waals surface area contributed by atoms with Gasteiger partial charge in [0, 0.05) is 26.6 Å². The summed E-state index contributed by atoms with van der Waals surface area (Å²) in [5.74, 6) is 0.581. The van der Waals surface area contributed by atoms with Crippen molar-refractivity contribution in [3.05, 3.63) is 62.6 Å². The van der Waals surface area contributed by atoms with Crippen LogP contribution in [0.25, 0.3) is 0 Å². The predicted molar refractivity (Wildman–Crippen MR) is 153 cm³/mol. The molecule has 0 fully saturated rings. The lowest BCUT2D eigenvalue weighted by molar-refractivity contribution is -0.143. The standard InChI is InChI=1S/C29H35N5O4S/c1-6-25-30-18(3)28(39-25)29(36)33-14-13-21-20(17-33)9-8-10-22(21)34-23-15-19(11-12-26(35)38-7-2)16-24(37-5)27(23)32(4)31-34/h8-10,15-16,31H,6-7,11-14,17H2,1-5H3. The number of aryl methyl sites for hydroxylation is 3. The Bertz CT molecular complexity index is 1400. The van der Waals surface area contributed by atoms with Crippen LogP contribution in [0, 0.1) is 6.92 Å². The van der Waals surface area contributed by atoms with E-state index in [-0.39, 0.29) is 11.9 Å². The number of amides is 1. The molecule has 10 heteroatoms. The zero-order valence-corrected chi connectivity index (χ0v) is 24.0.